The Balaban J connectivity index is 2.75. The molecule has 0 saturated carbocycles. The minimum Gasteiger partial charge on any atom is -0.376 e. The Morgan fingerprint density at radius 1 is 1.50 bits per heavy atom. The first-order valence-electron chi connectivity index (χ1n) is 3.60. The highest BCUT2D eigenvalue weighted by Gasteiger charge is 2.01. The van der Waals surface area contributed by atoms with E-state index < -0.39 is 0 Å². The Hall–Kier alpha value is -0.790. The van der Waals surface area contributed by atoms with Gasteiger partial charge in [-0.25, -0.2) is 0 Å². The molecule has 0 aromatic heterocycles. The second-order valence-corrected chi connectivity index (χ2v) is 2.73. The number of aliphatic imine (C=N–C) groups is 1. The fraction of sp³-hybridized carbons (Fsp3) is 0.625. The molecule has 0 spiro atoms. The lowest BCUT2D eigenvalue weighted by atomic mass is 10.3. The van der Waals surface area contributed by atoms with Gasteiger partial charge in [0.1, 0.15) is 0 Å². The van der Waals surface area contributed by atoms with Crippen molar-refractivity contribution in [3.05, 3.63) is 11.8 Å². The van der Waals surface area contributed by atoms with Gasteiger partial charge in [-0.2, -0.15) is 0 Å². The first kappa shape index (κ1) is 7.32. The molecular formula is C8H14N2. The number of rotatable bonds is 0. The van der Waals surface area contributed by atoms with Crippen molar-refractivity contribution in [1.82, 2.24) is 4.90 Å². The van der Waals surface area contributed by atoms with Gasteiger partial charge in [0, 0.05) is 25.0 Å². The van der Waals surface area contributed by atoms with Crippen LogP contribution in [0.5, 0.6) is 0 Å². The molecular weight excluding hydrogens is 124 g/mol. The van der Waals surface area contributed by atoms with Crippen molar-refractivity contribution in [1.29, 1.82) is 0 Å². The van der Waals surface area contributed by atoms with Crippen molar-refractivity contribution >= 4 is 5.71 Å². The number of hydrogen-bond acceptors (Lipinski definition) is 2. The topological polar surface area (TPSA) is 15.6 Å². The molecule has 0 aromatic rings. The summed E-state index contributed by atoms with van der Waals surface area (Å²) in [5.74, 6) is 0. The Labute approximate surface area is 62.3 Å². The van der Waals surface area contributed by atoms with Gasteiger partial charge in [-0.05, 0) is 19.9 Å². The van der Waals surface area contributed by atoms with Crippen LogP contribution >= 0.6 is 0 Å². The maximum absolute atomic E-state index is 4.32. The lowest BCUT2D eigenvalue weighted by Crippen LogP contribution is -2.17. The quantitative estimate of drug-likeness (QED) is 0.492. The fourth-order valence-corrected chi connectivity index (χ4v) is 1.01. The summed E-state index contributed by atoms with van der Waals surface area (Å²) in [7, 11) is 2.10. The summed E-state index contributed by atoms with van der Waals surface area (Å²) in [5, 5.41) is 0. The lowest BCUT2D eigenvalue weighted by Gasteiger charge is -2.16. The molecule has 0 fully saturated rings. The summed E-state index contributed by atoms with van der Waals surface area (Å²) in [5.41, 5.74) is 2.45. The van der Waals surface area contributed by atoms with Gasteiger partial charge in [0.2, 0.25) is 0 Å². The summed E-state index contributed by atoms with van der Waals surface area (Å²) in [6.45, 7) is 6.13. The van der Waals surface area contributed by atoms with E-state index in [0.29, 0.717) is 0 Å². The van der Waals surface area contributed by atoms with Crippen molar-refractivity contribution in [3.63, 3.8) is 0 Å². The Morgan fingerprint density at radius 2 is 2.20 bits per heavy atom. The predicted octanol–water partition coefficient (Wildman–Crippen LogP) is 1.30. The fourth-order valence-electron chi connectivity index (χ4n) is 1.01. The zero-order valence-corrected chi connectivity index (χ0v) is 6.89. The molecule has 1 heterocycles. The van der Waals surface area contributed by atoms with Crippen LogP contribution in [0.15, 0.2) is 16.8 Å². The van der Waals surface area contributed by atoms with Crippen LogP contribution in [0, 0.1) is 0 Å². The van der Waals surface area contributed by atoms with Gasteiger partial charge < -0.3 is 4.90 Å². The minimum absolute atomic E-state index is 0.927. The maximum Gasteiger partial charge on any atom is 0.0567 e. The van der Waals surface area contributed by atoms with E-state index in [1.807, 2.05) is 6.92 Å². The third kappa shape index (κ3) is 1.59. The van der Waals surface area contributed by atoms with Gasteiger partial charge in [-0.3, -0.25) is 4.99 Å². The number of hydrogen-bond donors (Lipinski definition) is 0. The third-order valence-corrected chi connectivity index (χ3v) is 1.82. The van der Waals surface area contributed by atoms with Crippen LogP contribution in [0.25, 0.3) is 0 Å². The SMILES string of the molecule is CC1=CC(C)=NCCN1C. The van der Waals surface area contributed by atoms with Gasteiger partial charge in [0.25, 0.3) is 0 Å². The van der Waals surface area contributed by atoms with Gasteiger partial charge >= 0.3 is 0 Å². The summed E-state index contributed by atoms with van der Waals surface area (Å²) in [4.78, 5) is 6.55. The second-order valence-electron chi connectivity index (χ2n) is 2.73. The highest BCUT2D eigenvalue weighted by molar-refractivity contribution is 5.93. The summed E-state index contributed by atoms with van der Waals surface area (Å²) in [6, 6.07) is 0. The average molecular weight is 138 g/mol. The van der Waals surface area contributed by atoms with Crippen LogP contribution in [-0.4, -0.2) is 30.7 Å². The van der Waals surface area contributed by atoms with E-state index in [2.05, 4.69) is 29.9 Å². The molecule has 0 saturated heterocycles. The third-order valence-electron chi connectivity index (χ3n) is 1.82. The average Bonchev–Trinajstić information content (AvgIpc) is 1.96. The molecule has 0 N–H and O–H groups in total. The summed E-state index contributed by atoms with van der Waals surface area (Å²) >= 11 is 0. The minimum atomic E-state index is 0.927. The van der Waals surface area contributed by atoms with E-state index in [1.165, 1.54) is 5.70 Å². The van der Waals surface area contributed by atoms with Gasteiger partial charge in [-0.1, -0.05) is 0 Å². The van der Waals surface area contributed by atoms with E-state index in [9.17, 15) is 0 Å². The van der Waals surface area contributed by atoms with E-state index >= 15 is 0 Å². The summed E-state index contributed by atoms with van der Waals surface area (Å²) in [6.07, 6.45) is 2.12. The number of likely N-dealkylation sites (N-methyl/N-ethyl adjacent to an activating group) is 1. The normalized spacial score (nSPS) is 19.7. The summed E-state index contributed by atoms with van der Waals surface area (Å²) < 4.78 is 0. The largest absolute Gasteiger partial charge is 0.376 e. The molecule has 0 amide bonds. The Bertz CT molecular complexity index is 180. The molecule has 1 aliphatic rings. The number of nitrogens with zero attached hydrogens (tertiary/aromatic N) is 2. The zero-order chi connectivity index (χ0) is 7.56. The van der Waals surface area contributed by atoms with Crippen LogP contribution in [0.2, 0.25) is 0 Å². The van der Waals surface area contributed by atoms with Crippen molar-refractivity contribution in [2.24, 2.45) is 4.99 Å². The van der Waals surface area contributed by atoms with Crippen molar-refractivity contribution < 1.29 is 0 Å². The van der Waals surface area contributed by atoms with E-state index in [1.54, 1.807) is 0 Å². The molecule has 1 rings (SSSR count). The highest BCUT2D eigenvalue weighted by Crippen LogP contribution is 2.03. The molecule has 0 atom stereocenters. The molecule has 0 aliphatic carbocycles. The van der Waals surface area contributed by atoms with Gasteiger partial charge in [-0.15, -0.1) is 0 Å². The standard InChI is InChI=1S/C8H14N2/c1-7-6-8(2)10(3)5-4-9-7/h6H,4-5H2,1-3H3. The van der Waals surface area contributed by atoms with Crippen molar-refractivity contribution in [3.8, 4) is 0 Å². The molecule has 10 heavy (non-hydrogen) atoms. The van der Waals surface area contributed by atoms with E-state index in [4.69, 9.17) is 0 Å². The molecule has 1 aliphatic heterocycles. The molecule has 0 aromatic carbocycles. The van der Waals surface area contributed by atoms with E-state index in [-0.39, 0.29) is 0 Å². The van der Waals surface area contributed by atoms with Gasteiger partial charge in [0.05, 0.1) is 6.54 Å². The van der Waals surface area contributed by atoms with Crippen molar-refractivity contribution in [2.45, 2.75) is 13.8 Å². The van der Waals surface area contributed by atoms with E-state index in [0.717, 1.165) is 18.8 Å². The smallest absolute Gasteiger partial charge is 0.0567 e. The predicted molar refractivity (Wildman–Crippen MR) is 44.4 cm³/mol. The number of allylic oxidation sites excluding steroid dienone is 2. The van der Waals surface area contributed by atoms with Crippen LogP contribution in [-0.2, 0) is 0 Å². The molecule has 0 radical (unpaired) electrons. The zero-order valence-electron chi connectivity index (χ0n) is 6.89. The molecule has 2 heteroatoms. The highest BCUT2D eigenvalue weighted by atomic mass is 15.1. The molecule has 56 valence electrons. The second kappa shape index (κ2) is 2.86. The maximum atomic E-state index is 4.32. The lowest BCUT2D eigenvalue weighted by molar-refractivity contribution is 0.433. The van der Waals surface area contributed by atoms with Crippen LogP contribution in [0.3, 0.4) is 0 Å². The molecule has 0 unspecified atom stereocenters. The molecule has 2 nitrogen and oxygen atoms in total. The van der Waals surface area contributed by atoms with Crippen LogP contribution in [0.1, 0.15) is 13.8 Å². The first-order chi connectivity index (χ1) is 4.70. The Kier molecular flexibility index (Phi) is 2.10. The van der Waals surface area contributed by atoms with Gasteiger partial charge in [0.15, 0.2) is 0 Å². The first-order valence-corrected chi connectivity index (χ1v) is 3.60. The Morgan fingerprint density at radius 3 is 2.90 bits per heavy atom. The van der Waals surface area contributed by atoms with Crippen molar-refractivity contribution in [2.75, 3.05) is 20.1 Å². The molecule has 0 bridgehead atoms. The monoisotopic (exact) mass is 138 g/mol. The van der Waals surface area contributed by atoms with Crippen LogP contribution < -0.4 is 0 Å². The van der Waals surface area contributed by atoms with Crippen LogP contribution in [0.4, 0.5) is 0 Å².